The number of hydrogen-bond donors (Lipinski definition) is 1. The number of rotatable bonds is 3. The van der Waals surface area contributed by atoms with Crippen LogP contribution in [0.2, 0.25) is 0 Å². The quantitative estimate of drug-likeness (QED) is 0.836. The van der Waals surface area contributed by atoms with Gasteiger partial charge in [-0.05, 0) is 33.3 Å². The Bertz CT molecular complexity index is 370. The molecule has 1 aromatic heterocycles. The van der Waals surface area contributed by atoms with Gasteiger partial charge in [-0.1, -0.05) is 0 Å². The number of likely N-dealkylation sites (tertiary alicyclic amines) is 1. The van der Waals surface area contributed by atoms with Crippen molar-refractivity contribution in [3.63, 3.8) is 0 Å². The summed E-state index contributed by atoms with van der Waals surface area (Å²) in [7, 11) is 0. The maximum Gasteiger partial charge on any atom is 0.0758 e. The molecule has 1 aliphatic rings. The minimum absolute atomic E-state index is 0.508. The lowest BCUT2D eigenvalue weighted by atomic mass is 10.1. The first-order valence-corrected chi connectivity index (χ1v) is 5.98. The highest BCUT2D eigenvalue weighted by atomic mass is 16.3. The van der Waals surface area contributed by atoms with E-state index in [1.54, 1.807) is 0 Å². The standard InChI is InChI=1S/C12H21N3O/c1-4-15-11(7-10(2)13-15)8-14-6-5-12(3,16)9-14/h7,16H,4-6,8-9H2,1-3H3. The monoisotopic (exact) mass is 223 g/mol. The zero-order chi connectivity index (χ0) is 11.8. The topological polar surface area (TPSA) is 41.3 Å². The van der Waals surface area contributed by atoms with Gasteiger partial charge in [0.1, 0.15) is 0 Å². The third-order valence-electron chi connectivity index (χ3n) is 3.20. The fourth-order valence-electron chi connectivity index (χ4n) is 2.40. The second-order valence-corrected chi connectivity index (χ2v) is 5.05. The fourth-order valence-corrected chi connectivity index (χ4v) is 2.40. The average molecular weight is 223 g/mol. The average Bonchev–Trinajstić information content (AvgIpc) is 2.70. The van der Waals surface area contributed by atoms with Crippen LogP contribution >= 0.6 is 0 Å². The second-order valence-electron chi connectivity index (χ2n) is 5.05. The van der Waals surface area contributed by atoms with Crippen molar-refractivity contribution in [1.82, 2.24) is 14.7 Å². The molecule has 4 nitrogen and oxygen atoms in total. The Morgan fingerprint density at radius 1 is 1.56 bits per heavy atom. The van der Waals surface area contributed by atoms with Crippen LogP contribution in [0, 0.1) is 6.92 Å². The van der Waals surface area contributed by atoms with Crippen molar-refractivity contribution >= 4 is 0 Å². The molecule has 0 aliphatic carbocycles. The number of nitrogens with zero attached hydrogens (tertiary/aromatic N) is 3. The minimum Gasteiger partial charge on any atom is -0.389 e. The molecule has 1 saturated heterocycles. The zero-order valence-electron chi connectivity index (χ0n) is 10.4. The van der Waals surface area contributed by atoms with Crippen LogP contribution in [0.4, 0.5) is 0 Å². The molecule has 0 spiro atoms. The van der Waals surface area contributed by atoms with Crippen molar-refractivity contribution in [3.05, 3.63) is 17.5 Å². The van der Waals surface area contributed by atoms with Gasteiger partial charge in [-0.2, -0.15) is 5.10 Å². The molecule has 4 heteroatoms. The summed E-state index contributed by atoms with van der Waals surface area (Å²) in [6, 6.07) is 2.14. The number of aryl methyl sites for hydroxylation is 2. The van der Waals surface area contributed by atoms with Gasteiger partial charge in [-0.15, -0.1) is 0 Å². The van der Waals surface area contributed by atoms with Crippen LogP contribution in [0.25, 0.3) is 0 Å². The van der Waals surface area contributed by atoms with Gasteiger partial charge in [0, 0.05) is 26.2 Å². The Morgan fingerprint density at radius 3 is 2.88 bits per heavy atom. The van der Waals surface area contributed by atoms with E-state index < -0.39 is 5.60 Å². The Balaban J connectivity index is 2.04. The molecule has 0 bridgehead atoms. The van der Waals surface area contributed by atoms with Gasteiger partial charge < -0.3 is 5.11 Å². The second kappa shape index (κ2) is 4.18. The first kappa shape index (κ1) is 11.6. The molecule has 2 rings (SSSR count). The van der Waals surface area contributed by atoms with E-state index in [1.807, 2.05) is 18.5 Å². The van der Waals surface area contributed by atoms with Crippen LogP contribution in [-0.4, -0.2) is 38.5 Å². The molecule has 1 aliphatic heterocycles. The number of β-amino-alcohol motifs (C(OH)–C–C–N with tert-alkyl or cyclic N) is 1. The fraction of sp³-hybridized carbons (Fsp3) is 0.750. The molecule has 1 aromatic rings. The highest BCUT2D eigenvalue weighted by Gasteiger charge is 2.31. The van der Waals surface area contributed by atoms with Crippen LogP contribution < -0.4 is 0 Å². The number of hydrogen-bond acceptors (Lipinski definition) is 3. The summed E-state index contributed by atoms with van der Waals surface area (Å²) < 4.78 is 2.04. The largest absolute Gasteiger partial charge is 0.389 e. The molecule has 0 aromatic carbocycles. The molecule has 0 saturated carbocycles. The molecule has 2 heterocycles. The van der Waals surface area contributed by atoms with Crippen molar-refractivity contribution in [1.29, 1.82) is 0 Å². The third-order valence-corrected chi connectivity index (χ3v) is 3.20. The van der Waals surface area contributed by atoms with Crippen LogP contribution in [0.5, 0.6) is 0 Å². The Labute approximate surface area is 96.9 Å². The van der Waals surface area contributed by atoms with Crippen LogP contribution in [0.1, 0.15) is 31.7 Å². The first-order chi connectivity index (χ1) is 7.50. The van der Waals surface area contributed by atoms with Gasteiger partial charge in [0.25, 0.3) is 0 Å². The highest BCUT2D eigenvalue weighted by Crippen LogP contribution is 2.22. The first-order valence-electron chi connectivity index (χ1n) is 5.98. The minimum atomic E-state index is -0.508. The molecule has 16 heavy (non-hydrogen) atoms. The Morgan fingerprint density at radius 2 is 2.31 bits per heavy atom. The predicted molar refractivity (Wildman–Crippen MR) is 63.2 cm³/mol. The maximum absolute atomic E-state index is 9.91. The van der Waals surface area contributed by atoms with Crippen molar-refractivity contribution in [2.75, 3.05) is 13.1 Å². The highest BCUT2D eigenvalue weighted by molar-refractivity contribution is 5.09. The van der Waals surface area contributed by atoms with Crippen LogP contribution in [0.15, 0.2) is 6.07 Å². The van der Waals surface area contributed by atoms with Gasteiger partial charge in [-0.3, -0.25) is 9.58 Å². The van der Waals surface area contributed by atoms with E-state index in [0.29, 0.717) is 0 Å². The summed E-state index contributed by atoms with van der Waals surface area (Å²) >= 11 is 0. The van der Waals surface area contributed by atoms with E-state index in [4.69, 9.17) is 0 Å². The summed E-state index contributed by atoms with van der Waals surface area (Å²) in [6.45, 7) is 9.58. The lowest BCUT2D eigenvalue weighted by Gasteiger charge is -2.18. The van der Waals surface area contributed by atoms with E-state index in [2.05, 4.69) is 23.0 Å². The van der Waals surface area contributed by atoms with Gasteiger partial charge in [0.2, 0.25) is 0 Å². The van der Waals surface area contributed by atoms with Crippen LogP contribution in [-0.2, 0) is 13.1 Å². The van der Waals surface area contributed by atoms with Crippen LogP contribution in [0.3, 0.4) is 0 Å². The Hall–Kier alpha value is -0.870. The molecule has 1 fully saturated rings. The summed E-state index contributed by atoms with van der Waals surface area (Å²) in [5, 5.41) is 14.3. The summed E-state index contributed by atoms with van der Waals surface area (Å²) in [6.07, 6.45) is 0.867. The molecule has 1 unspecified atom stereocenters. The van der Waals surface area contributed by atoms with Crippen molar-refractivity contribution < 1.29 is 5.11 Å². The molecule has 0 amide bonds. The SMILES string of the molecule is CCn1nc(C)cc1CN1CCC(C)(O)C1. The summed E-state index contributed by atoms with van der Waals surface area (Å²) in [5.41, 5.74) is 1.81. The summed E-state index contributed by atoms with van der Waals surface area (Å²) in [5.74, 6) is 0. The summed E-state index contributed by atoms with van der Waals surface area (Å²) in [4.78, 5) is 2.29. The van der Waals surface area contributed by atoms with E-state index in [-0.39, 0.29) is 0 Å². The van der Waals surface area contributed by atoms with Gasteiger partial charge in [0.15, 0.2) is 0 Å². The Kier molecular flexibility index (Phi) is 3.04. The van der Waals surface area contributed by atoms with Gasteiger partial charge in [0.05, 0.1) is 17.0 Å². The third kappa shape index (κ3) is 2.44. The van der Waals surface area contributed by atoms with Crippen molar-refractivity contribution in [2.45, 2.75) is 45.9 Å². The van der Waals surface area contributed by atoms with E-state index >= 15 is 0 Å². The number of aliphatic hydroxyl groups is 1. The lowest BCUT2D eigenvalue weighted by Crippen LogP contribution is -2.30. The van der Waals surface area contributed by atoms with Crippen molar-refractivity contribution in [2.24, 2.45) is 0 Å². The lowest BCUT2D eigenvalue weighted by molar-refractivity contribution is 0.0675. The normalized spacial score (nSPS) is 26.5. The zero-order valence-corrected chi connectivity index (χ0v) is 10.4. The molecule has 1 atom stereocenters. The van der Waals surface area contributed by atoms with Crippen molar-refractivity contribution in [3.8, 4) is 0 Å². The molecular weight excluding hydrogens is 202 g/mol. The molecule has 0 radical (unpaired) electrons. The van der Waals surface area contributed by atoms with E-state index in [0.717, 1.165) is 38.3 Å². The molecular formula is C12H21N3O. The van der Waals surface area contributed by atoms with E-state index in [1.165, 1.54) is 5.69 Å². The van der Waals surface area contributed by atoms with Gasteiger partial charge >= 0.3 is 0 Å². The maximum atomic E-state index is 9.91. The molecule has 1 N–H and O–H groups in total. The van der Waals surface area contributed by atoms with Gasteiger partial charge in [-0.25, -0.2) is 0 Å². The smallest absolute Gasteiger partial charge is 0.0758 e. The predicted octanol–water partition coefficient (Wildman–Crippen LogP) is 1.17. The number of aromatic nitrogens is 2. The van der Waals surface area contributed by atoms with E-state index in [9.17, 15) is 5.11 Å². The molecule has 90 valence electrons.